The molecule has 2 aromatic carbocycles. The van der Waals surface area contributed by atoms with E-state index < -0.39 is 5.97 Å². The zero-order valence-electron chi connectivity index (χ0n) is 11.8. The Morgan fingerprint density at radius 1 is 1.29 bits per heavy atom. The van der Waals surface area contributed by atoms with E-state index in [1.807, 2.05) is 36.2 Å². The molecule has 0 spiro atoms. The third kappa shape index (κ3) is 3.67. The van der Waals surface area contributed by atoms with Gasteiger partial charge in [-0.25, -0.2) is 4.79 Å². The second-order valence-electron chi connectivity index (χ2n) is 4.67. The number of benzene rings is 2. The van der Waals surface area contributed by atoms with Gasteiger partial charge >= 0.3 is 5.97 Å². The van der Waals surface area contributed by atoms with Gasteiger partial charge in [-0.2, -0.15) is 0 Å². The van der Waals surface area contributed by atoms with Gasteiger partial charge in [-0.1, -0.05) is 23.7 Å². The second-order valence-corrected chi connectivity index (χ2v) is 5.11. The lowest BCUT2D eigenvalue weighted by molar-refractivity contribution is 0.0697. The molecule has 0 unspecified atom stereocenters. The highest BCUT2D eigenvalue weighted by molar-refractivity contribution is 6.31. The summed E-state index contributed by atoms with van der Waals surface area (Å²) in [7, 11) is 3.46. The molecule has 110 valence electrons. The van der Waals surface area contributed by atoms with Crippen molar-refractivity contribution < 1.29 is 14.6 Å². The van der Waals surface area contributed by atoms with Crippen LogP contribution in [0.2, 0.25) is 5.02 Å². The van der Waals surface area contributed by atoms with Gasteiger partial charge in [0.2, 0.25) is 0 Å². The minimum atomic E-state index is -0.995. The summed E-state index contributed by atoms with van der Waals surface area (Å²) >= 11 is 5.87. The van der Waals surface area contributed by atoms with Gasteiger partial charge < -0.3 is 14.7 Å². The van der Waals surface area contributed by atoms with Gasteiger partial charge in [0.25, 0.3) is 0 Å². The quantitative estimate of drug-likeness (QED) is 0.915. The molecule has 0 bridgehead atoms. The van der Waals surface area contributed by atoms with Crippen LogP contribution in [-0.4, -0.2) is 25.2 Å². The van der Waals surface area contributed by atoms with E-state index in [4.69, 9.17) is 16.3 Å². The molecule has 0 heterocycles. The van der Waals surface area contributed by atoms with Gasteiger partial charge in [0, 0.05) is 18.6 Å². The molecule has 0 amide bonds. The Kier molecular flexibility index (Phi) is 4.70. The average Bonchev–Trinajstić information content (AvgIpc) is 2.47. The Bertz CT molecular complexity index is 658. The zero-order chi connectivity index (χ0) is 15.4. The highest BCUT2D eigenvalue weighted by Gasteiger charge is 2.14. The number of rotatable bonds is 5. The van der Waals surface area contributed by atoms with E-state index in [0.717, 1.165) is 11.3 Å². The molecule has 5 heteroatoms. The fourth-order valence-electron chi connectivity index (χ4n) is 2.14. The monoisotopic (exact) mass is 305 g/mol. The number of carbonyl (C=O) groups is 1. The number of nitrogens with zero attached hydrogens (tertiary/aromatic N) is 1. The number of hydrogen-bond acceptors (Lipinski definition) is 3. The average molecular weight is 306 g/mol. The van der Waals surface area contributed by atoms with Crippen LogP contribution in [0.15, 0.2) is 42.5 Å². The molecule has 0 saturated carbocycles. The third-order valence-corrected chi connectivity index (χ3v) is 3.39. The zero-order valence-corrected chi connectivity index (χ0v) is 12.6. The normalized spacial score (nSPS) is 10.2. The number of methoxy groups -OCH3 is 1. The minimum Gasteiger partial charge on any atom is -0.497 e. The molecule has 1 N–H and O–H groups in total. The topological polar surface area (TPSA) is 49.8 Å². The van der Waals surface area contributed by atoms with Crippen molar-refractivity contribution in [1.29, 1.82) is 0 Å². The van der Waals surface area contributed by atoms with Gasteiger partial charge in [-0.05, 0) is 35.9 Å². The highest BCUT2D eigenvalue weighted by Crippen LogP contribution is 2.25. The summed E-state index contributed by atoms with van der Waals surface area (Å²) in [6, 6.07) is 12.5. The number of hydrogen-bond donors (Lipinski definition) is 1. The maximum Gasteiger partial charge on any atom is 0.337 e. The van der Waals surface area contributed by atoms with Crippen molar-refractivity contribution in [2.75, 3.05) is 19.1 Å². The summed E-state index contributed by atoms with van der Waals surface area (Å²) in [6.45, 7) is 0.569. The molecular weight excluding hydrogens is 290 g/mol. The van der Waals surface area contributed by atoms with E-state index in [1.54, 1.807) is 19.2 Å². The van der Waals surface area contributed by atoms with Crippen molar-refractivity contribution in [3.63, 3.8) is 0 Å². The molecule has 2 aromatic rings. The molecule has 0 atom stereocenters. The van der Waals surface area contributed by atoms with Gasteiger partial charge in [0.15, 0.2) is 0 Å². The van der Waals surface area contributed by atoms with Crippen LogP contribution in [0.5, 0.6) is 5.75 Å². The first-order chi connectivity index (χ1) is 10.0. The molecule has 0 saturated heterocycles. The standard InChI is InChI=1S/C16H16ClNO3/c1-18(10-11-4-3-5-13(8-11)21-2)15-7-6-12(17)9-14(15)16(19)20/h3-9H,10H2,1-2H3,(H,19,20). The van der Waals surface area contributed by atoms with Crippen LogP contribution < -0.4 is 9.64 Å². The maximum atomic E-state index is 11.3. The number of carboxylic acid groups (broad SMARTS) is 1. The Balaban J connectivity index is 2.27. The summed E-state index contributed by atoms with van der Waals surface area (Å²) in [4.78, 5) is 13.2. The summed E-state index contributed by atoms with van der Waals surface area (Å²) in [6.07, 6.45) is 0. The van der Waals surface area contributed by atoms with Gasteiger partial charge in [-0.3, -0.25) is 0 Å². The summed E-state index contributed by atoms with van der Waals surface area (Å²) in [5.41, 5.74) is 1.84. The molecule has 0 aliphatic rings. The van der Waals surface area contributed by atoms with Crippen molar-refractivity contribution in [1.82, 2.24) is 0 Å². The van der Waals surface area contributed by atoms with Crippen LogP contribution in [-0.2, 0) is 6.54 Å². The maximum absolute atomic E-state index is 11.3. The summed E-state index contributed by atoms with van der Waals surface area (Å²) in [5, 5.41) is 9.69. The SMILES string of the molecule is COc1cccc(CN(C)c2ccc(Cl)cc2C(=O)O)c1. The molecule has 0 radical (unpaired) electrons. The number of anilines is 1. The molecule has 0 aliphatic carbocycles. The van der Waals surface area contributed by atoms with Crippen molar-refractivity contribution in [3.8, 4) is 5.75 Å². The second kappa shape index (κ2) is 6.50. The van der Waals surface area contributed by atoms with Crippen LogP contribution in [0.3, 0.4) is 0 Å². The molecular formula is C16H16ClNO3. The lowest BCUT2D eigenvalue weighted by atomic mass is 10.1. The molecule has 2 rings (SSSR count). The number of aromatic carboxylic acids is 1. The smallest absolute Gasteiger partial charge is 0.337 e. The van der Waals surface area contributed by atoms with Crippen LogP contribution in [0.1, 0.15) is 15.9 Å². The molecule has 0 aromatic heterocycles. The Morgan fingerprint density at radius 2 is 2.05 bits per heavy atom. The summed E-state index contributed by atoms with van der Waals surface area (Å²) in [5.74, 6) is -0.222. The molecule has 21 heavy (non-hydrogen) atoms. The first kappa shape index (κ1) is 15.2. The molecule has 4 nitrogen and oxygen atoms in total. The Morgan fingerprint density at radius 3 is 2.71 bits per heavy atom. The number of ether oxygens (including phenoxy) is 1. The van der Waals surface area contributed by atoms with E-state index in [2.05, 4.69) is 0 Å². The first-order valence-corrected chi connectivity index (χ1v) is 6.76. The lowest BCUT2D eigenvalue weighted by Gasteiger charge is -2.21. The van der Waals surface area contributed by atoms with E-state index >= 15 is 0 Å². The van der Waals surface area contributed by atoms with E-state index in [9.17, 15) is 9.90 Å². The lowest BCUT2D eigenvalue weighted by Crippen LogP contribution is -2.19. The predicted octanol–water partition coefficient (Wildman–Crippen LogP) is 3.68. The first-order valence-electron chi connectivity index (χ1n) is 6.38. The number of carboxylic acids is 1. The van der Waals surface area contributed by atoms with Crippen molar-refractivity contribution >= 4 is 23.3 Å². The Labute approximate surface area is 128 Å². The van der Waals surface area contributed by atoms with Crippen molar-refractivity contribution in [3.05, 3.63) is 58.6 Å². The molecule has 0 fully saturated rings. The van der Waals surface area contributed by atoms with E-state index in [-0.39, 0.29) is 5.56 Å². The Hall–Kier alpha value is -2.20. The van der Waals surface area contributed by atoms with Gasteiger partial charge in [-0.15, -0.1) is 0 Å². The van der Waals surface area contributed by atoms with E-state index in [0.29, 0.717) is 17.3 Å². The largest absolute Gasteiger partial charge is 0.497 e. The van der Waals surface area contributed by atoms with Crippen LogP contribution in [0.25, 0.3) is 0 Å². The fraction of sp³-hybridized carbons (Fsp3) is 0.188. The van der Waals surface area contributed by atoms with Crippen LogP contribution in [0, 0.1) is 0 Å². The van der Waals surface area contributed by atoms with E-state index in [1.165, 1.54) is 6.07 Å². The highest BCUT2D eigenvalue weighted by atomic mass is 35.5. The third-order valence-electron chi connectivity index (χ3n) is 3.15. The van der Waals surface area contributed by atoms with Crippen molar-refractivity contribution in [2.24, 2.45) is 0 Å². The van der Waals surface area contributed by atoms with Gasteiger partial charge in [0.1, 0.15) is 5.75 Å². The van der Waals surface area contributed by atoms with Crippen LogP contribution >= 0.6 is 11.6 Å². The van der Waals surface area contributed by atoms with Crippen LogP contribution in [0.4, 0.5) is 5.69 Å². The minimum absolute atomic E-state index is 0.188. The summed E-state index contributed by atoms with van der Waals surface area (Å²) < 4.78 is 5.19. The fourth-order valence-corrected chi connectivity index (χ4v) is 2.31. The van der Waals surface area contributed by atoms with Crippen molar-refractivity contribution in [2.45, 2.75) is 6.54 Å². The predicted molar refractivity (Wildman–Crippen MR) is 83.5 cm³/mol. The van der Waals surface area contributed by atoms with Gasteiger partial charge in [0.05, 0.1) is 18.4 Å². The number of halogens is 1. The molecule has 0 aliphatic heterocycles.